The van der Waals surface area contributed by atoms with E-state index in [4.69, 9.17) is 4.43 Å². The van der Waals surface area contributed by atoms with Gasteiger partial charge in [-0.2, -0.15) is 0 Å². The predicted octanol–water partition coefficient (Wildman–Crippen LogP) is 0.779. The summed E-state index contributed by atoms with van der Waals surface area (Å²) in [4.78, 5) is 0. The summed E-state index contributed by atoms with van der Waals surface area (Å²) in [5.41, 5.74) is -0.668. The van der Waals surface area contributed by atoms with Gasteiger partial charge in [0.15, 0.2) is 0 Å². The van der Waals surface area contributed by atoms with Gasteiger partial charge in [-0.25, -0.2) is 0 Å². The van der Waals surface area contributed by atoms with Crippen LogP contribution in [0.2, 0.25) is 0 Å². The molecule has 2 nitrogen and oxygen atoms in total. The van der Waals surface area contributed by atoms with Crippen molar-refractivity contribution >= 4 is 10.5 Å². The molecular formula is C11H20O2Si. The SMILES string of the molecule is C=CC1(O)C(C)C2(O[SiH3])CCCCC12. The van der Waals surface area contributed by atoms with Crippen LogP contribution in [0.3, 0.4) is 0 Å². The largest absolute Gasteiger partial charge is 0.422 e. The molecule has 0 amide bonds. The van der Waals surface area contributed by atoms with Gasteiger partial charge in [-0.15, -0.1) is 6.58 Å². The fraction of sp³-hybridized carbons (Fsp3) is 0.818. The molecule has 0 aromatic heterocycles. The van der Waals surface area contributed by atoms with Gasteiger partial charge in [0.05, 0.1) is 11.2 Å². The van der Waals surface area contributed by atoms with Gasteiger partial charge in [-0.3, -0.25) is 0 Å². The standard InChI is InChI=1S/C11H20O2Si/c1-3-10(12)8(2)11(13-14)7-5-4-6-9(10)11/h3,8-9,12H,1,4-7H2,2,14H3. The monoisotopic (exact) mass is 212 g/mol. The Labute approximate surface area is 88.9 Å². The summed E-state index contributed by atoms with van der Waals surface area (Å²) >= 11 is 0. The lowest BCUT2D eigenvalue weighted by molar-refractivity contribution is -0.263. The molecule has 2 saturated carbocycles. The normalized spacial score (nSPS) is 52.1. The van der Waals surface area contributed by atoms with Crippen molar-refractivity contribution in [3.63, 3.8) is 0 Å². The first-order chi connectivity index (χ1) is 6.62. The number of hydrogen-bond donors (Lipinski definition) is 1. The number of aliphatic hydroxyl groups is 1. The van der Waals surface area contributed by atoms with Gasteiger partial charge in [0, 0.05) is 11.8 Å². The Hall–Kier alpha value is -0.123. The van der Waals surface area contributed by atoms with Crippen molar-refractivity contribution in [1.82, 2.24) is 0 Å². The highest BCUT2D eigenvalue weighted by atomic mass is 28.2. The van der Waals surface area contributed by atoms with Gasteiger partial charge in [-0.1, -0.05) is 25.8 Å². The molecule has 80 valence electrons. The summed E-state index contributed by atoms with van der Waals surface area (Å²) in [6.07, 6.45) is 6.41. The molecule has 0 radical (unpaired) electrons. The van der Waals surface area contributed by atoms with Crippen molar-refractivity contribution in [1.29, 1.82) is 0 Å². The van der Waals surface area contributed by atoms with Gasteiger partial charge in [-0.05, 0) is 12.8 Å². The maximum Gasteiger partial charge on any atom is 0.146 e. The molecule has 2 fully saturated rings. The van der Waals surface area contributed by atoms with Crippen LogP contribution in [-0.4, -0.2) is 26.8 Å². The lowest BCUT2D eigenvalue weighted by Crippen LogP contribution is -2.73. The molecule has 4 atom stereocenters. The molecule has 3 heteroatoms. The van der Waals surface area contributed by atoms with E-state index in [2.05, 4.69) is 13.5 Å². The van der Waals surface area contributed by atoms with Crippen LogP contribution >= 0.6 is 0 Å². The average Bonchev–Trinajstić information content (AvgIpc) is 2.26. The Bertz CT molecular complexity index is 256. The number of rotatable bonds is 2. The molecule has 2 rings (SSSR count). The van der Waals surface area contributed by atoms with Gasteiger partial charge < -0.3 is 9.53 Å². The highest BCUT2D eigenvalue weighted by Gasteiger charge is 2.67. The third-order valence-electron chi connectivity index (χ3n) is 4.59. The Kier molecular flexibility index (Phi) is 2.37. The van der Waals surface area contributed by atoms with E-state index in [1.165, 1.54) is 12.8 Å². The van der Waals surface area contributed by atoms with Crippen LogP contribution in [0.15, 0.2) is 12.7 Å². The van der Waals surface area contributed by atoms with E-state index in [9.17, 15) is 5.11 Å². The van der Waals surface area contributed by atoms with Crippen LogP contribution in [-0.2, 0) is 4.43 Å². The molecule has 0 aliphatic heterocycles. The van der Waals surface area contributed by atoms with E-state index in [-0.39, 0.29) is 11.5 Å². The molecule has 0 aromatic rings. The van der Waals surface area contributed by atoms with Crippen molar-refractivity contribution in [2.24, 2.45) is 11.8 Å². The molecule has 0 saturated heterocycles. The number of fused-ring (bicyclic) bond motifs is 1. The zero-order chi connectivity index (χ0) is 10.4. The molecule has 0 heterocycles. The van der Waals surface area contributed by atoms with Crippen LogP contribution in [0.1, 0.15) is 32.6 Å². The minimum atomic E-state index is -0.662. The Morgan fingerprint density at radius 3 is 2.86 bits per heavy atom. The Balaban J connectivity index is 2.28. The lowest BCUT2D eigenvalue weighted by Gasteiger charge is -2.66. The van der Waals surface area contributed by atoms with Gasteiger partial charge in [0.25, 0.3) is 0 Å². The molecule has 0 spiro atoms. The third-order valence-corrected chi connectivity index (χ3v) is 5.35. The van der Waals surface area contributed by atoms with E-state index in [0.717, 1.165) is 23.3 Å². The fourth-order valence-electron chi connectivity index (χ4n) is 3.65. The first-order valence-electron chi connectivity index (χ1n) is 5.53. The molecule has 0 bridgehead atoms. The topological polar surface area (TPSA) is 29.5 Å². The second-order valence-corrected chi connectivity index (χ2v) is 5.18. The van der Waals surface area contributed by atoms with E-state index >= 15 is 0 Å². The summed E-state index contributed by atoms with van der Waals surface area (Å²) in [6.45, 7) is 5.87. The summed E-state index contributed by atoms with van der Waals surface area (Å²) in [7, 11) is 0.768. The highest BCUT2D eigenvalue weighted by Crippen LogP contribution is 2.60. The Morgan fingerprint density at radius 1 is 1.57 bits per heavy atom. The molecule has 2 aliphatic rings. The second-order valence-electron chi connectivity index (χ2n) is 4.77. The van der Waals surface area contributed by atoms with E-state index in [0.29, 0.717) is 5.92 Å². The predicted molar refractivity (Wildman–Crippen MR) is 60.0 cm³/mol. The molecule has 2 aliphatic carbocycles. The van der Waals surface area contributed by atoms with Crippen LogP contribution < -0.4 is 0 Å². The minimum absolute atomic E-state index is 0.00654. The lowest BCUT2D eigenvalue weighted by atomic mass is 9.46. The van der Waals surface area contributed by atoms with Crippen molar-refractivity contribution in [3.8, 4) is 0 Å². The molecule has 4 unspecified atom stereocenters. The van der Waals surface area contributed by atoms with Crippen molar-refractivity contribution in [2.45, 2.75) is 43.8 Å². The van der Waals surface area contributed by atoms with Crippen molar-refractivity contribution in [2.75, 3.05) is 0 Å². The molecule has 14 heavy (non-hydrogen) atoms. The molecule has 1 N–H and O–H groups in total. The summed E-state index contributed by atoms with van der Waals surface area (Å²) < 4.78 is 5.82. The van der Waals surface area contributed by atoms with Gasteiger partial charge >= 0.3 is 0 Å². The maximum atomic E-state index is 10.4. The van der Waals surface area contributed by atoms with Crippen molar-refractivity contribution < 1.29 is 9.53 Å². The summed E-state index contributed by atoms with van der Waals surface area (Å²) in [6, 6.07) is 0. The third kappa shape index (κ3) is 0.979. The highest BCUT2D eigenvalue weighted by molar-refractivity contribution is 5.98. The minimum Gasteiger partial charge on any atom is -0.422 e. The zero-order valence-electron chi connectivity index (χ0n) is 9.12. The first kappa shape index (κ1) is 10.4. The zero-order valence-corrected chi connectivity index (χ0v) is 11.1. The second kappa shape index (κ2) is 3.19. The number of hydrogen-bond acceptors (Lipinski definition) is 2. The van der Waals surface area contributed by atoms with E-state index in [1.807, 2.05) is 0 Å². The van der Waals surface area contributed by atoms with Crippen LogP contribution in [0, 0.1) is 11.8 Å². The van der Waals surface area contributed by atoms with Crippen LogP contribution in [0.4, 0.5) is 0 Å². The fourth-order valence-corrected chi connectivity index (χ4v) is 4.49. The van der Waals surface area contributed by atoms with E-state index < -0.39 is 5.60 Å². The van der Waals surface area contributed by atoms with Crippen LogP contribution in [0.5, 0.6) is 0 Å². The van der Waals surface area contributed by atoms with E-state index in [1.54, 1.807) is 6.08 Å². The maximum absolute atomic E-state index is 10.4. The molecule has 0 aromatic carbocycles. The smallest absolute Gasteiger partial charge is 0.146 e. The van der Waals surface area contributed by atoms with Crippen LogP contribution in [0.25, 0.3) is 0 Å². The summed E-state index contributed by atoms with van der Waals surface area (Å²) in [5.74, 6) is 0.518. The first-order valence-corrected chi connectivity index (χ1v) is 6.34. The molecular weight excluding hydrogens is 192 g/mol. The van der Waals surface area contributed by atoms with Crippen molar-refractivity contribution in [3.05, 3.63) is 12.7 Å². The van der Waals surface area contributed by atoms with Gasteiger partial charge in [0.1, 0.15) is 10.5 Å². The Morgan fingerprint density at radius 2 is 2.29 bits per heavy atom. The van der Waals surface area contributed by atoms with Gasteiger partial charge in [0.2, 0.25) is 0 Å². The average molecular weight is 212 g/mol. The summed E-state index contributed by atoms with van der Waals surface area (Å²) in [5, 5.41) is 10.4. The quantitative estimate of drug-likeness (QED) is 0.541.